The Kier molecular flexibility index (Phi) is 6.02. The first kappa shape index (κ1) is 17.6. The molecule has 8 heteroatoms. The molecule has 6 nitrogen and oxygen atoms in total. The lowest BCUT2D eigenvalue weighted by Gasteiger charge is -2.15. The summed E-state index contributed by atoms with van der Waals surface area (Å²) in [6.07, 6.45) is 1.80. The van der Waals surface area contributed by atoms with Crippen molar-refractivity contribution < 1.29 is 18.7 Å². The van der Waals surface area contributed by atoms with Crippen molar-refractivity contribution in [2.75, 3.05) is 0 Å². The van der Waals surface area contributed by atoms with Crippen molar-refractivity contribution in [1.29, 1.82) is 0 Å². The highest BCUT2D eigenvalue weighted by molar-refractivity contribution is 7.09. The summed E-state index contributed by atoms with van der Waals surface area (Å²) in [4.78, 5) is 27.6. The number of hydrazine groups is 1. The van der Waals surface area contributed by atoms with Crippen LogP contribution in [0.4, 0.5) is 4.39 Å². The summed E-state index contributed by atoms with van der Waals surface area (Å²) >= 11 is 1.47. The van der Waals surface area contributed by atoms with Crippen LogP contribution in [0.25, 0.3) is 6.08 Å². The van der Waals surface area contributed by atoms with E-state index < -0.39 is 23.7 Å². The standard InChI is InChI=1S/C16H16FN3O3S/c1-10(23-14-6-4-3-5-13(14)17)16(22)20-19-15(21)8-7-12-9-24-11(2)18-12/h3-10H,1-2H3,(H,19,21)(H,20,22)/b8-7+. The van der Waals surface area contributed by atoms with Gasteiger partial charge in [0, 0.05) is 11.5 Å². The minimum atomic E-state index is -0.979. The Hall–Kier alpha value is -2.74. The highest BCUT2D eigenvalue weighted by Crippen LogP contribution is 2.16. The molecule has 1 aromatic heterocycles. The Balaban J connectivity index is 1.80. The number of carbonyl (C=O) groups is 2. The van der Waals surface area contributed by atoms with Gasteiger partial charge in [-0.3, -0.25) is 20.4 Å². The first-order chi connectivity index (χ1) is 11.5. The van der Waals surface area contributed by atoms with Gasteiger partial charge in [-0.05, 0) is 32.1 Å². The molecule has 0 saturated carbocycles. The highest BCUT2D eigenvalue weighted by atomic mass is 32.1. The lowest BCUT2D eigenvalue weighted by atomic mass is 10.3. The van der Waals surface area contributed by atoms with E-state index in [0.29, 0.717) is 5.69 Å². The summed E-state index contributed by atoms with van der Waals surface area (Å²) in [7, 11) is 0. The number of benzene rings is 1. The zero-order chi connectivity index (χ0) is 17.5. The van der Waals surface area contributed by atoms with E-state index in [0.717, 1.165) is 5.01 Å². The molecule has 0 fully saturated rings. The molecule has 24 heavy (non-hydrogen) atoms. The van der Waals surface area contributed by atoms with Gasteiger partial charge in [-0.2, -0.15) is 0 Å². The van der Waals surface area contributed by atoms with Gasteiger partial charge in [0.1, 0.15) is 0 Å². The fourth-order valence-corrected chi connectivity index (χ4v) is 2.25. The molecular weight excluding hydrogens is 333 g/mol. The average molecular weight is 349 g/mol. The fourth-order valence-electron chi connectivity index (χ4n) is 1.67. The van der Waals surface area contributed by atoms with E-state index in [4.69, 9.17) is 4.74 Å². The summed E-state index contributed by atoms with van der Waals surface area (Å²) in [5, 5.41) is 2.70. The van der Waals surface area contributed by atoms with E-state index in [1.54, 1.807) is 6.07 Å². The van der Waals surface area contributed by atoms with Crippen LogP contribution in [-0.4, -0.2) is 22.9 Å². The lowest BCUT2D eigenvalue weighted by Crippen LogP contribution is -2.46. The maximum absolute atomic E-state index is 13.5. The van der Waals surface area contributed by atoms with Crippen LogP contribution in [-0.2, 0) is 9.59 Å². The van der Waals surface area contributed by atoms with Crippen LogP contribution < -0.4 is 15.6 Å². The molecule has 0 aliphatic heterocycles. The molecule has 2 amide bonds. The van der Waals surface area contributed by atoms with Gasteiger partial charge in [0.15, 0.2) is 17.7 Å². The van der Waals surface area contributed by atoms with Crippen molar-refractivity contribution in [3.63, 3.8) is 0 Å². The normalized spacial score (nSPS) is 12.0. The van der Waals surface area contributed by atoms with Crippen molar-refractivity contribution in [1.82, 2.24) is 15.8 Å². The summed E-state index contributed by atoms with van der Waals surface area (Å²) < 4.78 is 18.7. The molecule has 2 N–H and O–H groups in total. The van der Waals surface area contributed by atoms with Gasteiger partial charge in [-0.25, -0.2) is 9.37 Å². The van der Waals surface area contributed by atoms with Crippen molar-refractivity contribution in [2.45, 2.75) is 20.0 Å². The van der Waals surface area contributed by atoms with Gasteiger partial charge in [0.05, 0.1) is 10.7 Å². The summed E-state index contributed by atoms with van der Waals surface area (Å²) in [6, 6.07) is 5.75. The van der Waals surface area contributed by atoms with Crippen molar-refractivity contribution in [3.8, 4) is 5.75 Å². The Morgan fingerprint density at radius 1 is 1.33 bits per heavy atom. The first-order valence-electron chi connectivity index (χ1n) is 7.07. The van der Waals surface area contributed by atoms with E-state index in [1.165, 1.54) is 48.6 Å². The second-order valence-electron chi connectivity index (χ2n) is 4.79. The maximum Gasteiger partial charge on any atom is 0.279 e. The molecule has 1 heterocycles. The largest absolute Gasteiger partial charge is 0.478 e. The zero-order valence-electron chi connectivity index (χ0n) is 13.1. The summed E-state index contributed by atoms with van der Waals surface area (Å²) in [5.74, 6) is -1.73. The number of aromatic nitrogens is 1. The van der Waals surface area contributed by atoms with Crippen molar-refractivity contribution in [3.05, 3.63) is 52.2 Å². The second-order valence-corrected chi connectivity index (χ2v) is 5.86. The maximum atomic E-state index is 13.5. The van der Waals surface area contributed by atoms with Gasteiger partial charge in [-0.1, -0.05) is 12.1 Å². The fraction of sp³-hybridized carbons (Fsp3) is 0.188. The van der Waals surface area contributed by atoms with Gasteiger partial charge >= 0.3 is 0 Å². The topological polar surface area (TPSA) is 80.3 Å². The minimum Gasteiger partial charge on any atom is -0.478 e. The zero-order valence-corrected chi connectivity index (χ0v) is 13.9. The monoisotopic (exact) mass is 349 g/mol. The average Bonchev–Trinajstić information content (AvgIpc) is 2.98. The highest BCUT2D eigenvalue weighted by Gasteiger charge is 2.16. The van der Waals surface area contributed by atoms with E-state index in [1.807, 2.05) is 12.3 Å². The SMILES string of the molecule is Cc1nc(/C=C/C(=O)NNC(=O)C(C)Oc2ccccc2F)cs1. The van der Waals surface area contributed by atoms with Crippen LogP contribution >= 0.6 is 11.3 Å². The Morgan fingerprint density at radius 3 is 2.75 bits per heavy atom. The van der Waals surface area contributed by atoms with E-state index in [9.17, 15) is 14.0 Å². The molecule has 0 aliphatic carbocycles. The van der Waals surface area contributed by atoms with Crippen LogP contribution in [0.1, 0.15) is 17.6 Å². The van der Waals surface area contributed by atoms with Crippen LogP contribution in [0.2, 0.25) is 0 Å². The number of amides is 2. The smallest absolute Gasteiger partial charge is 0.279 e. The molecule has 0 saturated heterocycles. The third-order valence-electron chi connectivity index (χ3n) is 2.86. The van der Waals surface area contributed by atoms with Crippen molar-refractivity contribution >= 4 is 29.2 Å². The first-order valence-corrected chi connectivity index (χ1v) is 7.95. The van der Waals surface area contributed by atoms with E-state index in [2.05, 4.69) is 15.8 Å². The predicted molar refractivity (Wildman–Crippen MR) is 88.7 cm³/mol. The minimum absolute atomic E-state index is 0.0368. The number of aryl methyl sites for hydroxylation is 1. The molecule has 0 radical (unpaired) electrons. The molecule has 1 atom stereocenters. The second kappa shape index (κ2) is 8.21. The Morgan fingerprint density at radius 2 is 2.08 bits per heavy atom. The molecule has 1 unspecified atom stereocenters. The number of thiazole rings is 1. The summed E-state index contributed by atoms with van der Waals surface area (Å²) in [5.41, 5.74) is 5.09. The number of rotatable bonds is 5. The Labute approximate surface area is 142 Å². The van der Waals surface area contributed by atoms with Crippen LogP contribution in [0, 0.1) is 12.7 Å². The predicted octanol–water partition coefficient (Wildman–Crippen LogP) is 2.22. The molecule has 0 spiro atoms. The van der Waals surface area contributed by atoms with Gasteiger partial charge in [0.2, 0.25) is 0 Å². The number of nitrogens with zero attached hydrogens (tertiary/aromatic N) is 1. The number of halogens is 1. The number of hydrogen-bond acceptors (Lipinski definition) is 5. The summed E-state index contributed by atoms with van der Waals surface area (Å²) in [6.45, 7) is 3.31. The van der Waals surface area contributed by atoms with Gasteiger partial charge in [0.25, 0.3) is 11.8 Å². The van der Waals surface area contributed by atoms with Crippen molar-refractivity contribution in [2.24, 2.45) is 0 Å². The molecule has 0 aliphatic rings. The van der Waals surface area contributed by atoms with E-state index >= 15 is 0 Å². The van der Waals surface area contributed by atoms with Crippen LogP contribution in [0.15, 0.2) is 35.7 Å². The quantitative estimate of drug-likeness (QED) is 0.641. The number of ether oxygens (including phenoxy) is 1. The molecular formula is C16H16FN3O3S. The lowest BCUT2D eigenvalue weighted by molar-refractivity contribution is -0.131. The molecule has 0 bridgehead atoms. The molecule has 1 aromatic carbocycles. The number of carbonyl (C=O) groups excluding carboxylic acids is 2. The molecule has 126 valence electrons. The number of nitrogens with one attached hydrogen (secondary N) is 2. The number of hydrogen-bond donors (Lipinski definition) is 2. The van der Waals surface area contributed by atoms with Crippen LogP contribution in [0.5, 0.6) is 5.75 Å². The third kappa shape index (κ3) is 5.17. The molecule has 2 rings (SSSR count). The van der Waals surface area contributed by atoms with Crippen LogP contribution in [0.3, 0.4) is 0 Å². The van der Waals surface area contributed by atoms with Gasteiger partial charge in [-0.15, -0.1) is 11.3 Å². The van der Waals surface area contributed by atoms with E-state index in [-0.39, 0.29) is 5.75 Å². The van der Waals surface area contributed by atoms with Gasteiger partial charge < -0.3 is 4.74 Å². The Bertz CT molecular complexity index is 761. The third-order valence-corrected chi connectivity index (χ3v) is 3.65. The molecule has 2 aromatic rings. The number of para-hydroxylation sites is 1.